The van der Waals surface area contributed by atoms with Gasteiger partial charge in [-0.2, -0.15) is 0 Å². The number of aromatic nitrogens is 2. The molecule has 4 rings (SSSR count). The normalized spacial score (nSPS) is 19.1. The standard InChI is InChI=1S/C26H38N4O3S2/c1-3-27-25(34)29(18-24-13-8-14-33-24)17-23-16-28-26(30(23)22-11-5-4-6-12-22)35(31,32)19-21-10-7-9-20(2)15-21/h7,9-10,15-16,22,24H,3-6,8,11-14,17-19H2,1-2H3,(H,27,34)/t24-/m1/s1. The third-order valence-corrected chi connectivity index (χ3v) is 8.89. The van der Waals surface area contributed by atoms with Crippen molar-refractivity contribution >= 4 is 27.2 Å². The third kappa shape index (κ3) is 6.62. The smallest absolute Gasteiger partial charge is 0.228 e. The molecule has 1 aliphatic carbocycles. The zero-order valence-electron chi connectivity index (χ0n) is 20.9. The van der Waals surface area contributed by atoms with E-state index in [-0.39, 0.29) is 23.1 Å². The molecule has 0 amide bonds. The highest BCUT2D eigenvalue weighted by molar-refractivity contribution is 7.90. The van der Waals surface area contributed by atoms with Gasteiger partial charge in [0.05, 0.1) is 30.3 Å². The number of hydrogen-bond acceptors (Lipinski definition) is 5. The van der Waals surface area contributed by atoms with Gasteiger partial charge in [-0.15, -0.1) is 0 Å². The van der Waals surface area contributed by atoms with Crippen molar-refractivity contribution in [1.29, 1.82) is 0 Å². The molecule has 9 heteroatoms. The van der Waals surface area contributed by atoms with Gasteiger partial charge in [-0.25, -0.2) is 13.4 Å². The van der Waals surface area contributed by atoms with Crippen molar-refractivity contribution in [2.75, 3.05) is 19.7 Å². The number of nitrogens with zero attached hydrogens (tertiary/aromatic N) is 3. The Labute approximate surface area is 215 Å². The van der Waals surface area contributed by atoms with Crippen molar-refractivity contribution in [2.24, 2.45) is 0 Å². The fourth-order valence-electron chi connectivity index (χ4n) is 5.25. The van der Waals surface area contributed by atoms with Crippen LogP contribution in [0.5, 0.6) is 0 Å². The van der Waals surface area contributed by atoms with E-state index in [0.717, 1.165) is 68.5 Å². The molecule has 2 fully saturated rings. The van der Waals surface area contributed by atoms with Crippen molar-refractivity contribution in [3.63, 3.8) is 0 Å². The van der Waals surface area contributed by atoms with E-state index < -0.39 is 9.84 Å². The minimum Gasteiger partial charge on any atom is -0.376 e. The van der Waals surface area contributed by atoms with Crippen LogP contribution in [0, 0.1) is 6.92 Å². The molecule has 1 aliphatic heterocycles. The Morgan fingerprint density at radius 3 is 2.71 bits per heavy atom. The fourth-order valence-corrected chi connectivity index (χ4v) is 7.06. The summed E-state index contributed by atoms with van der Waals surface area (Å²) >= 11 is 5.70. The van der Waals surface area contributed by atoms with Crippen LogP contribution in [-0.4, -0.2) is 53.8 Å². The van der Waals surface area contributed by atoms with Crippen molar-refractivity contribution in [3.05, 3.63) is 47.3 Å². The second kappa shape index (κ2) is 11.8. The molecule has 0 bridgehead atoms. The van der Waals surface area contributed by atoms with E-state index in [1.165, 1.54) is 6.42 Å². The van der Waals surface area contributed by atoms with E-state index in [1.54, 1.807) is 6.20 Å². The Morgan fingerprint density at radius 2 is 2.03 bits per heavy atom. The van der Waals surface area contributed by atoms with Gasteiger partial charge in [0.25, 0.3) is 0 Å². The molecule has 2 aromatic rings. The summed E-state index contributed by atoms with van der Waals surface area (Å²) in [5.41, 5.74) is 2.74. The highest BCUT2D eigenvalue weighted by atomic mass is 32.2. The van der Waals surface area contributed by atoms with E-state index in [9.17, 15) is 8.42 Å². The third-order valence-electron chi connectivity index (χ3n) is 6.91. The quantitative estimate of drug-likeness (QED) is 0.488. The van der Waals surface area contributed by atoms with E-state index in [1.807, 2.05) is 42.7 Å². The number of benzene rings is 1. The molecular formula is C26H38N4O3S2. The second-order valence-electron chi connectivity index (χ2n) is 9.79. The molecule has 1 aromatic heterocycles. The predicted octanol–water partition coefficient (Wildman–Crippen LogP) is 4.55. The molecule has 2 aliphatic rings. The largest absolute Gasteiger partial charge is 0.376 e. The molecule has 1 aromatic carbocycles. The first-order valence-corrected chi connectivity index (χ1v) is 14.9. The average molecular weight is 519 g/mol. The minimum absolute atomic E-state index is 0.0483. The summed E-state index contributed by atoms with van der Waals surface area (Å²) in [4.78, 5) is 6.64. The molecule has 192 valence electrons. The van der Waals surface area contributed by atoms with E-state index in [4.69, 9.17) is 17.0 Å². The van der Waals surface area contributed by atoms with Crippen LogP contribution < -0.4 is 5.32 Å². The van der Waals surface area contributed by atoms with Gasteiger partial charge in [0.15, 0.2) is 5.11 Å². The van der Waals surface area contributed by atoms with Crippen molar-refractivity contribution in [3.8, 4) is 0 Å². The zero-order valence-corrected chi connectivity index (χ0v) is 22.5. The number of aryl methyl sites for hydroxylation is 1. The van der Waals surface area contributed by atoms with Gasteiger partial charge in [0.2, 0.25) is 15.0 Å². The Hall–Kier alpha value is -1.97. The molecule has 1 saturated carbocycles. The van der Waals surface area contributed by atoms with Crippen LogP contribution in [0.3, 0.4) is 0 Å². The molecule has 35 heavy (non-hydrogen) atoms. The Balaban J connectivity index is 1.66. The number of imidazole rings is 1. The van der Waals surface area contributed by atoms with E-state index in [2.05, 4.69) is 15.2 Å². The number of ether oxygens (including phenoxy) is 1. The number of thiocarbonyl (C=S) groups is 1. The lowest BCUT2D eigenvalue weighted by Gasteiger charge is -2.31. The van der Waals surface area contributed by atoms with Gasteiger partial charge in [0, 0.05) is 25.7 Å². The predicted molar refractivity (Wildman–Crippen MR) is 142 cm³/mol. The summed E-state index contributed by atoms with van der Waals surface area (Å²) in [6, 6.07) is 7.83. The van der Waals surface area contributed by atoms with Crippen LogP contribution in [-0.2, 0) is 26.9 Å². The van der Waals surface area contributed by atoms with Gasteiger partial charge in [-0.1, -0.05) is 49.1 Å². The molecule has 1 saturated heterocycles. The first-order valence-electron chi connectivity index (χ1n) is 12.9. The fraction of sp³-hybridized carbons (Fsp3) is 0.615. The molecule has 0 radical (unpaired) electrons. The minimum atomic E-state index is -3.62. The summed E-state index contributed by atoms with van der Waals surface area (Å²) in [6.07, 6.45) is 9.32. The maximum atomic E-state index is 13.6. The molecule has 0 spiro atoms. The monoisotopic (exact) mass is 518 g/mol. The van der Waals surface area contributed by atoms with Crippen LogP contribution in [0.25, 0.3) is 0 Å². The van der Waals surface area contributed by atoms with Gasteiger partial charge in [0.1, 0.15) is 0 Å². The van der Waals surface area contributed by atoms with E-state index in [0.29, 0.717) is 18.2 Å². The highest BCUT2D eigenvalue weighted by Crippen LogP contribution is 2.33. The Bertz CT molecular complexity index is 1100. The summed E-state index contributed by atoms with van der Waals surface area (Å²) in [5.74, 6) is -0.0483. The van der Waals surface area contributed by atoms with Crippen LogP contribution in [0.2, 0.25) is 0 Å². The molecule has 1 N–H and O–H groups in total. The molecular weight excluding hydrogens is 480 g/mol. The van der Waals surface area contributed by atoms with Crippen molar-refractivity contribution in [1.82, 2.24) is 19.8 Å². The van der Waals surface area contributed by atoms with Crippen molar-refractivity contribution < 1.29 is 13.2 Å². The zero-order chi connectivity index (χ0) is 24.8. The second-order valence-corrected chi connectivity index (χ2v) is 12.1. The van der Waals surface area contributed by atoms with Crippen molar-refractivity contribution in [2.45, 2.75) is 88.4 Å². The molecule has 7 nitrogen and oxygen atoms in total. The topological polar surface area (TPSA) is 76.5 Å². The maximum absolute atomic E-state index is 13.6. The van der Waals surface area contributed by atoms with Crippen LogP contribution in [0.15, 0.2) is 35.6 Å². The first-order chi connectivity index (χ1) is 16.9. The van der Waals surface area contributed by atoms with Crippen LogP contribution in [0.4, 0.5) is 0 Å². The number of rotatable bonds is 9. The Morgan fingerprint density at radius 1 is 1.23 bits per heavy atom. The average Bonchev–Trinajstić information content (AvgIpc) is 3.49. The summed E-state index contributed by atoms with van der Waals surface area (Å²) in [5, 5.41) is 4.13. The van der Waals surface area contributed by atoms with E-state index >= 15 is 0 Å². The Kier molecular flexibility index (Phi) is 8.83. The summed E-state index contributed by atoms with van der Waals surface area (Å²) in [7, 11) is -3.62. The lowest BCUT2D eigenvalue weighted by molar-refractivity contribution is 0.0891. The van der Waals surface area contributed by atoms with Crippen LogP contribution in [0.1, 0.15) is 74.7 Å². The van der Waals surface area contributed by atoms with Gasteiger partial charge < -0.3 is 19.5 Å². The van der Waals surface area contributed by atoms with Gasteiger partial charge in [-0.3, -0.25) is 0 Å². The maximum Gasteiger partial charge on any atom is 0.228 e. The SMILES string of the molecule is CCNC(=S)N(Cc1cnc(S(=O)(=O)Cc2cccc(C)c2)n1C1CCCCC1)C[C@H]1CCCO1. The number of sulfone groups is 1. The molecule has 0 unspecified atom stereocenters. The summed E-state index contributed by atoms with van der Waals surface area (Å²) in [6.45, 7) is 6.72. The first kappa shape index (κ1) is 26.1. The van der Waals surface area contributed by atoms with Gasteiger partial charge >= 0.3 is 0 Å². The highest BCUT2D eigenvalue weighted by Gasteiger charge is 2.30. The molecule has 2 heterocycles. The lowest BCUT2D eigenvalue weighted by Crippen LogP contribution is -2.43. The molecule has 1 atom stereocenters. The van der Waals surface area contributed by atoms with Crippen LogP contribution >= 0.6 is 12.2 Å². The number of nitrogens with one attached hydrogen (secondary N) is 1. The lowest BCUT2D eigenvalue weighted by atomic mass is 9.95. The van der Waals surface area contributed by atoms with Gasteiger partial charge in [-0.05, 0) is 57.3 Å². The number of hydrogen-bond donors (Lipinski definition) is 1. The summed E-state index contributed by atoms with van der Waals surface area (Å²) < 4.78 is 35.2.